The second kappa shape index (κ2) is 8.89. The molecule has 2 atom stereocenters. The van der Waals surface area contributed by atoms with Crippen molar-refractivity contribution in [2.45, 2.75) is 46.6 Å². The molecule has 1 fully saturated rings. The van der Waals surface area contributed by atoms with Crippen LogP contribution in [-0.2, 0) is 17.8 Å². The maximum atomic E-state index is 12.8. The third kappa shape index (κ3) is 4.44. The molecule has 0 bridgehead atoms. The summed E-state index contributed by atoms with van der Waals surface area (Å²) >= 11 is 1.70. The molecular formula is C22H31N5O2S. The van der Waals surface area contributed by atoms with Crippen molar-refractivity contribution >= 4 is 33.0 Å². The maximum absolute atomic E-state index is 12.8. The summed E-state index contributed by atoms with van der Waals surface area (Å²) in [5, 5.41) is 7.16. The van der Waals surface area contributed by atoms with Crippen LogP contribution in [0.5, 0.6) is 0 Å². The number of hydrogen-bond acceptors (Lipinski definition) is 5. The van der Waals surface area contributed by atoms with Crippen LogP contribution in [0.4, 0.5) is 0 Å². The van der Waals surface area contributed by atoms with Crippen molar-refractivity contribution in [3.63, 3.8) is 0 Å². The molecule has 1 amide bonds. The molecule has 8 heteroatoms. The number of hydrogen-bond donors (Lipinski definition) is 1. The van der Waals surface area contributed by atoms with E-state index >= 15 is 0 Å². The van der Waals surface area contributed by atoms with E-state index in [4.69, 9.17) is 0 Å². The fraction of sp³-hybridized carbons (Fsp3) is 0.591. The number of carbonyl (C=O) groups excluding carboxylic acids is 1. The van der Waals surface area contributed by atoms with Crippen molar-refractivity contribution in [3.8, 4) is 0 Å². The summed E-state index contributed by atoms with van der Waals surface area (Å²) < 4.78 is 4.15. The Morgan fingerprint density at radius 1 is 1.23 bits per heavy atom. The highest BCUT2D eigenvalue weighted by Gasteiger charge is 2.21. The number of rotatable bonds is 7. The number of fused-ring (bicyclic) bond motifs is 3. The van der Waals surface area contributed by atoms with Crippen LogP contribution in [0.1, 0.15) is 38.5 Å². The number of nitrogens with zero attached hydrogens (tertiary/aromatic N) is 4. The molecule has 7 nitrogen and oxygen atoms in total. The molecular weight excluding hydrogens is 398 g/mol. The molecule has 4 heterocycles. The van der Waals surface area contributed by atoms with E-state index < -0.39 is 0 Å². The van der Waals surface area contributed by atoms with E-state index in [0.717, 1.165) is 54.5 Å². The Morgan fingerprint density at radius 3 is 2.73 bits per heavy atom. The molecule has 3 aromatic heterocycles. The number of thiophene rings is 1. The van der Waals surface area contributed by atoms with Gasteiger partial charge in [-0.05, 0) is 49.8 Å². The van der Waals surface area contributed by atoms with Gasteiger partial charge in [-0.15, -0.1) is 11.3 Å². The number of carbonyl (C=O) groups is 1. The van der Waals surface area contributed by atoms with Gasteiger partial charge in [-0.2, -0.15) is 5.10 Å². The lowest BCUT2D eigenvalue weighted by atomic mass is 9.92. The van der Waals surface area contributed by atoms with Gasteiger partial charge in [-0.25, -0.2) is 4.68 Å². The van der Waals surface area contributed by atoms with Crippen molar-refractivity contribution in [2.75, 3.05) is 26.2 Å². The first-order valence-corrected chi connectivity index (χ1v) is 11.7. The van der Waals surface area contributed by atoms with Crippen LogP contribution in [0.25, 0.3) is 15.7 Å². The molecule has 0 unspecified atom stereocenters. The molecule has 1 N–H and O–H groups in total. The smallest absolute Gasteiger partial charge is 0.291 e. The van der Waals surface area contributed by atoms with Crippen LogP contribution in [0.2, 0.25) is 0 Å². The third-order valence-corrected chi connectivity index (χ3v) is 7.11. The van der Waals surface area contributed by atoms with Crippen LogP contribution in [0, 0.1) is 11.8 Å². The van der Waals surface area contributed by atoms with Crippen molar-refractivity contribution in [1.82, 2.24) is 24.4 Å². The Bertz CT molecular complexity index is 1090. The maximum Gasteiger partial charge on any atom is 0.291 e. The van der Waals surface area contributed by atoms with Gasteiger partial charge in [-0.3, -0.25) is 14.0 Å². The second-order valence-electron chi connectivity index (χ2n) is 8.72. The van der Waals surface area contributed by atoms with Gasteiger partial charge < -0.3 is 10.2 Å². The predicted octanol–water partition coefficient (Wildman–Crippen LogP) is 2.76. The normalized spacial score (nSPS) is 20.2. The highest BCUT2D eigenvalue weighted by Crippen LogP contribution is 2.28. The minimum absolute atomic E-state index is 0.0494. The Hall–Kier alpha value is -2.19. The van der Waals surface area contributed by atoms with Crippen LogP contribution in [-0.4, -0.2) is 51.2 Å². The molecule has 1 saturated heterocycles. The minimum atomic E-state index is -0.231. The fourth-order valence-corrected chi connectivity index (χ4v) is 5.66. The van der Waals surface area contributed by atoms with E-state index in [-0.39, 0.29) is 18.0 Å². The summed E-state index contributed by atoms with van der Waals surface area (Å²) in [6, 6.07) is 4.01. The highest BCUT2D eigenvalue weighted by atomic mass is 32.1. The van der Waals surface area contributed by atoms with Crippen LogP contribution >= 0.6 is 11.3 Å². The van der Waals surface area contributed by atoms with Crippen molar-refractivity contribution in [3.05, 3.63) is 33.7 Å². The first-order chi connectivity index (χ1) is 14.4. The second-order valence-corrected chi connectivity index (χ2v) is 9.89. The van der Waals surface area contributed by atoms with E-state index in [2.05, 4.69) is 42.2 Å². The third-order valence-electron chi connectivity index (χ3n) is 5.90. The molecule has 0 saturated carbocycles. The van der Waals surface area contributed by atoms with Gasteiger partial charge in [0.15, 0.2) is 0 Å². The molecule has 0 radical (unpaired) electrons. The van der Waals surface area contributed by atoms with Gasteiger partial charge in [0, 0.05) is 24.5 Å². The lowest BCUT2D eigenvalue weighted by Gasteiger charge is -2.34. The number of likely N-dealkylation sites (tertiary alicyclic amines) is 1. The predicted molar refractivity (Wildman–Crippen MR) is 121 cm³/mol. The molecule has 3 aromatic rings. The van der Waals surface area contributed by atoms with Crippen LogP contribution < -0.4 is 10.9 Å². The van der Waals surface area contributed by atoms with E-state index in [1.165, 1.54) is 16.0 Å². The summed E-state index contributed by atoms with van der Waals surface area (Å²) in [5.41, 5.74) is 1.34. The van der Waals surface area contributed by atoms with E-state index in [0.29, 0.717) is 12.1 Å². The highest BCUT2D eigenvalue weighted by molar-refractivity contribution is 7.19. The number of nitrogens with one attached hydrogen (secondary N) is 1. The van der Waals surface area contributed by atoms with E-state index in [1.54, 1.807) is 17.7 Å². The Labute approximate surface area is 180 Å². The zero-order valence-corrected chi connectivity index (χ0v) is 18.9. The van der Waals surface area contributed by atoms with Crippen molar-refractivity contribution < 1.29 is 4.79 Å². The summed E-state index contributed by atoms with van der Waals surface area (Å²) in [6.07, 6.45) is 4.83. The Morgan fingerprint density at radius 2 is 2.00 bits per heavy atom. The minimum Gasteiger partial charge on any atom is -0.354 e. The van der Waals surface area contributed by atoms with Crippen molar-refractivity contribution in [2.24, 2.45) is 11.8 Å². The van der Waals surface area contributed by atoms with Gasteiger partial charge in [0.1, 0.15) is 18.4 Å². The zero-order chi connectivity index (χ0) is 21.3. The fourth-order valence-electron chi connectivity index (χ4n) is 4.63. The molecule has 0 aliphatic carbocycles. The monoisotopic (exact) mass is 429 g/mol. The average Bonchev–Trinajstić information content (AvgIpc) is 3.25. The van der Waals surface area contributed by atoms with Gasteiger partial charge in [0.2, 0.25) is 5.91 Å². The van der Waals surface area contributed by atoms with Gasteiger partial charge >= 0.3 is 0 Å². The van der Waals surface area contributed by atoms with E-state index in [1.807, 2.05) is 10.5 Å². The van der Waals surface area contributed by atoms with Crippen LogP contribution in [0.3, 0.4) is 0 Å². The summed E-state index contributed by atoms with van der Waals surface area (Å²) in [7, 11) is 0. The molecule has 162 valence electrons. The van der Waals surface area contributed by atoms with E-state index in [9.17, 15) is 9.59 Å². The van der Waals surface area contributed by atoms with Crippen molar-refractivity contribution in [1.29, 1.82) is 0 Å². The topological polar surface area (TPSA) is 71.6 Å². The number of aryl methyl sites for hydroxylation is 1. The Kier molecular flexibility index (Phi) is 6.24. The lowest BCUT2D eigenvalue weighted by molar-refractivity contribution is -0.121. The molecule has 0 aromatic carbocycles. The molecule has 1 aliphatic rings. The standard InChI is InChI=1S/C22H31N5O2S/c1-4-17-9-18-20(30-17)10-19-22(29)27(24-14-26(18)19)13-21(28)23-6-5-7-25-11-15(2)8-16(3)12-25/h9-10,14-16H,4-8,11-13H2,1-3H3,(H,23,28)/t15-,16-/m0/s1. The quantitative estimate of drug-likeness (QED) is 0.586. The first-order valence-electron chi connectivity index (χ1n) is 10.9. The van der Waals surface area contributed by atoms with Crippen LogP contribution in [0.15, 0.2) is 23.3 Å². The Balaban J connectivity index is 1.33. The number of aromatic nitrogens is 3. The molecule has 0 spiro atoms. The summed E-state index contributed by atoms with van der Waals surface area (Å²) in [5.74, 6) is 1.32. The summed E-state index contributed by atoms with van der Waals surface area (Å²) in [6.45, 7) is 10.6. The molecule has 30 heavy (non-hydrogen) atoms. The van der Waals surface area contributed by atoms with Gasteiger partial charge in [-0.1, -0.05) is 20.8 Å². The first kappa shape index (κ1) is 21.1. The molecule has 1 aliphatic heterocycles. The number of piperidine rings is 1. The molecule has 4 rings (SSSR count). The lowest BCUT2D eigenvalue weighted by Crippen LogP contribution is -2.40. The largest absolute Gasteiger partial charge is 0.354 e. The van der Waals surface area contributed by atoms with Gasteiger partial charge in [0.05, 0.1) is 10.2 Å². The number of amides is 1. The zero-order valence-electron chi connectivity index (χ0n) is 18.1. The SMILES string of the molecule is CCc1cc2c(cc3c(=O)n(CC(=O)NCCCN4C[C@@H](C)C[C@H](C)C4)ncn32)s1. The van der Waals surface area contributed by atoms with Gasteiger partial charge in [0.25, 0.3) is 5.56 Å². The summed E-state index contributed by atoms with van der Waals surface area (Å²) in [4.78, 5) is 28.9. The average molecular weight is 430 g/mol.